The lowest BCUT2D eigenvalue weighted by Crippen LogP contribution is -2.33. The molecule has 2 aromatic carbocycles. The van der Waals surface area contributed by atoms with Gasteiger partial charge in [0.05, 0.1) is 4.90 Å². The van der Waals surface area contributed by atoms with Crippen LogP contribution in [-0.4, -0.2) is 21.1 Å². The van der Waals surface area contributed by atoms with Crippen LogP contribution in [0.3, 0.4) is 0 Å². The van der Waals surface area contributed by atoms with Crippen molar-refractivity contribution in [2.75, 3.05) is 6.54 Å². The van der Waals surface area contributed by atoms with Crippen LogP contribution in [0, 0.1) is 5.82 Å². The number of para-hydroxylation sites is 1. The molecular weight excluding hydrogens is 293 g/mol. The molecule has 0 amide bonds. The van der Waals surface area contributed by atoms with Gasteiger partial charge in [-0.1, -0.05) is 18.2 Å². The zero-order chi connectivity index (χ0) is 15.3. The molecule has 1 N–H and O–H groups in total. The van der Waals surface area contributed by atoms with Gasteiger partial charge in [0.1, 0.15) is 17.7 Å². The van der Waals surface area contributed by atoms with E-state index in [9.17, 15) is 12.8 Å². The normalized spacial score (nSPS) is 12.9. The van der Waals surface area contributed by atoms with Gasteiger partial charge in [-0.3, -0.25) is 0 Å². The first-order valence-corrected chi connectivity index (χ1v) is 7.92. The summed E-state index contributed by atoms with van der Waals surface area (Å²) in [6.07, 6.45) is -0.331. The minimum Gasteiger partial charge on any atom is -0.489 e. The van der Waals surface area contributed by atoms with Crippen LogP contribution in [0.5, 0.6) is 5.75 Å². The molecular formula is C15H16FNO3S. The average molecular weight is 309 g/mol. The van der Waals surface area contributed by atoms with Gasteiger partial charge >= 0.3 is 0 Å². The largest absolute Gasteiger partial charge is 0.489 e. The predicted molar refractivity (Wildman–Crippen MR) is 78.1 cm³/mol. The third kappa shape index (κ3) is 4.54. The number of rotatable bonds is 6. The molecule has 21 heavy (non-hydrogen) atoms. The van der Waals surface area contributed by atoms with Crippen molar-refractivity contribution in [3.63, 3.8) is 0 Å². The van der Waals surface area contributed by atoms with Crippen molar-refractivity contribution in [1.82, 2.24) is 4.72 Å². The van der Waals surface area contributed by atoms with Crippen molar-refractivity contribution in [3.8, 4) is 5.75 Å². The molecule has 6 heteroatoms. The van der Waals surface area contributed by atoms with E-state index in [4.69, 9.17) is 4.74 Å². The van der Waals surface area contributed by atoms with E-state index in [1.807, 2.05) is 18.2 Å². The molecule has 0 spiro atoms. The standard InChI is InChI=1S/C15H16FNO3S/c1-12(20-14-5-3-2-4-6-14)11-17-21(18,19)15-9-7-13(16)8-10-15/h2-10,12,17H,11H2,1H3. The Hall–Kier alpha value is -1.92. The fourth-order valence-electron chi connectivity index (χ4n) is 1.70. The third-order valence-electron chi connectivity index (χ3n) is 2.77. The summed E-state index contributed by atoms with van der Waals surface area (Å²) in [6, 6.07) is 13.8. The molecule has 112 valence electrons. The van der Waals surface area contributed by atoms with E-state index in [-0.39, 0.29) is 17.5 Å². The second kappa shape index (κ2) is 6.69. The Balaban J connectivity index is 1.94. The summed E-state index contributed by atoms with van der Waals surface area (Å²) in [7, 11) is -3.66. The van der Waals surface area contributed by atoms with Crippen molar-refractivity contribution in [1.29, 1.82) is 0 Å². The third-order valence-corrected chi connectivity index (χ3v) is 4.20. The molecule has 0 fully saturated rings. The van der Waals surface area contributed by atoms with Crippen LogP contribution in [0.15, 0.2) is 59.5 Å². The van der Waals surface area contributed by atoms with Crippen molar-refractivity contribution in [3.05, 3.63) is 60.4 Å². The Morgan fingerprint density at radius 2 is 1.71 bits per heavy atom. The van der Waals surface area contributed by atoms with Crippen molar-refractivity contribution < 1.29 is 17.5 Å². The monoisotopic (exact) mass is 309 g/mol. The lowest BCUT2D eigenvalue weighted by molar-refractivity contribution is 0.225. The zero-order valence-electron chi connectivity index (χ0n) is 11.5. The Morgan fingerprint density at radius 1 is 1.10 bits per heavy atom. The summed E-state index contributed by atoms with van der Waals surface area (Å²) < 4.78 is 44.8. The highest BCUT2D eigenvalue weighted by Crippen LogP contribution is 2.12. The van der Waals surface area contributed by atoms with Crippen LogP contribution in [0.4, 0.5) is 4.39 Å². The fourth-order valence-corrected chi connectivity index (χ4v) is 2.81. The van der Waals surface area contributed by atoms with Crippen LogP contribution in [0.2, 0.25) is 0 Å². The van der Waals surface area contributed by atoms with Crippen LogP contribution in [0.1, 0.15) is 6.92 Å². The van der Waals surface area contributed by atoms with Gasteiger partial charge in [-0.15, -0.1) is 0 Å². The van der Waals surface area contributed by atoms with Gasteiger partial charge in [-0.25, -0.2) is 17.5 Å². The minimum atomic E-state index is -3.66. The zero-order valence-corrected chi connectivity index (χ0v) is 12.3. The molecule has 0 saturated carbocycles. The maximum atomic E-state index is 12.8. The van der Waals surface area contributed by atoms with E-state index >= 15 is 0 Å². The molecule has 0 aliphatic rings. The fraction of sp³-hybridized carbons (Fsp3) is 0.200. The smallest absolute Gasteiger partial charge is 0.240 e. The number of ether oxygens (including phenoxy) is 1. The highest BCUT2D eigenvalue weighted by Gasteiger charge is 2.15. The molecule has 0 heterocycles. The highest BCUT2D eigenvalue weighted by atomic mass is 32.2. The van der Waals surface area contributed by atoms with Crippen LogP contribution in [-0.2, 0) is 10.0 Å². The number of benzene rings is 2. The molecule has 0 aromatic heterocycles. The summed E-state index contributed by atoms with van der Waals surface area (Å²) in [5.41, 5.74) is 0. The quantitative estimate of drug-likeness (QED) is 0.892. The van der Waals surface area contributed by atoms with Gasteiger partial charge in [0, 0.05) is 6.54 Å². The van der Waals surface area contributed by atoms with Crippen molar-refractivity contribution in [2.24, 2.45) is 0 Å². The van der Waals surface area contributed by atoms with E-state index < -0.39 is 15.8 Å². The highest BCUT2D eigenvalue weighted by molar-refractivity contribution is 7.89. The lowest BCUT2D eigenvalue weighted by atomic mass is 10.3. The number of hydrogen-bond donors (Lipinski definition) is 1. The first-order chi connectivity index (χ1) is 9.97. The number of hydrogen-bond acceptors (Lipinski definition) is 3. The Labute approximate surface area is 123 Å². The first-order valence-electron chi connectivity index (χ1n) is 6.44. The van der Waals surface area contributed by atoms with E-state index in [1.54, 1.807) is 19.1 Å². The average Bonchev–Trinajstić information content (AvgIpc) is 2.47. The molecule has 1 unspecified atom stereocenters. The van der Waals surface area contributed by atoms with E-state index in [2.05, 4.69) is 4.72 Å². The summed E-state index contributed by atoms with van der Waals surface area (Å²) in [4.78, 5) is 0.0239. The van der Waals surface area contributed by atoms with E-state index in [0.717, 1.165) is 12.1 Å². The topological polar surface area (TPSA) is 55.4 Å². The van der Waals surface area contributed by atoms with Gasteiger partial charge < -0.3 is 4.74 Å². The molecule has 4 nitrogen and oxygen atoms in total. The number of halogens is 1. The first kappa shape index (κ1) is 15.5. The van der Waals surface area contributed by atoms with Crippen molar-refractivity contribution in [2.45, 2.75) is 17.9 Å². The van der Waals surface area contributed by atoms with Crippen molar-refractivity contribution >= 4 is 10.0 Å². The summed E-state index contributed by atoms with van der Waals surface area (Å²) in [5.74, 6) is 0.195. The molecule has 0 bridgehead atoms. The SMILES string of the molecule is CC(CNS(=O)(=O)c1ccc(F)cc1)Oc1ccccc1. The van der Waals surface area contributed by atoms with E-state index in [1.165, 1.54) is 12.1 Å². The molecule has 0 aliphatic heterocycles. The Morgan fingerprint density at radius 3 is 2.33 bits per heavy atom. The van der Waals surface area contributed by atoms with E-state index in [0.29, 0.717) is 5.75 Å². The second-order valence-electron chi connectivity index (χ2n) is 4.55. The molecule has 0 aliphatic carbocycles. The summed E-state index contributed by atoms with van der Waals surface area (Å²) in [5, 5.41) is 0. The molecule has 0 radical (unpaired) electrons. The van der Waals surface area contributed by atoms with Gasteiger partial charge in [0.15, 0.2) is 0 Å². The maximum Gasteiger partial charge on any atom is 0.240 e. The number of nitrogens with one attached hydrogen (secondary N) is 1. The Bertz CT molecular complexity index is 672. The molecule has 1 atom stereocenters. The minimum absolute atomic E-state index is 0.0239. The van der Waals surface area contributed by atoms with Crippen LogP contribution < -0.4 is 9.46 Å². The van der Waals surface area contributed by atoms with Crippen LogP contribution in [0.25, 0.3) is 0 Å². The van der Waals surface area contributed by atoms with Gasteiger partial charge in [0.25, 0.3) is 0 Å². The molecule has 2 rings (SSSR count). The predicted octanol–water partition coefficient (Wildman–Crippen LogP) is 2.57. The summed E-state index contributed by atoms with van der Waals surface area (Å²) >= 11 is 0. The molecule has 0 saturated heterocycles. The number of sulfonamides is 1. The van der Waals surface area contributed by atoms with Crippen LogP contribution >= 0.6 is 0 Å². The Kier molecular flexibility index (Phi) is 4.93. The maximum absolute atomic E-state index is 12.8. The van der Waals surface area contributed by atoms with Gasteiger partial charge in [0.2, 0.25) is 10.0 Å². The van der Waals surface area contributed by atoms with Gasteiger partial charge in [-0.05, 0) is 43.3 Å². The lowest BCUT2D eigenvalue weighted by Gasteiger charge is -2.15. The summed E-state index contributed by atoms with van der Waals surface area (Å²) in [6.45, 7) is 1.88. The van der Waals surface area contributed by atoms with Gasteiger partial charge in [-0.2, -0.15) is 0 Å². The molecule has 2 aromatic rings. The second-order valence-corrected chi connectivity index (χ2v) is 6.31.